The Kier molecular flexibility index (Phi) is 4.64. The molecule has 0 saturated heterocycles. The molecule has 2 rings (SSSR count). The molecular formula is C11H9IN2O4S. The van der Waals surface area contributed by atoms with Crippen molar-refractivity contribution in [1.29, 1.82) is 0 Å². The lowest BCUT2D eigenvalue weighted by atomic mass is 10.4. The smallest absolute Gasteiger partial charge is 0.342 e. The van der Waals surface area contributed by atoms with Crippen LogP contribution >= 0.6 is 34.4 Å². The predicted molar refractivity (Wildman–Crippen MR) is 76.6 cm³/mol. The Bertz CT molecular complexity index is 620. The van der Waals surface area contributed by atoms with Crippen molar-refractivity contribution < 1.29 is 18.7 Å². The number of nitrogens with zero attached hydrogens (tertiary/aromatic N) is 2. The first-order valence-electron chi connectivity index (χ1n) is 5.29. The van der Waals surface area contributed by atoms with E-state index in [-0.39, 0.29) is 10.1 Å². The molecule has 2 aromatic heterocycles. The zero-order valence-electron chi connectivity index (χ0n) is 9.79. The number of carbonyl (C=O) groups is 1. The van der Waals surface area contributed by atoms with Gasteiger partial charge in [-0.1, -0.05) is 6.92 Å². The predicted octanol–water partition coefficient (Wildman–Crippen LogP) is 3.05. The fourth-order valence-corrected chi connectivity index (χ4v) is 2.29. The van der Waals surface area contributed by atoms with Gasteiger partial charge in [0.05, 0.1) is 0 Å². The molecule has 0 spiro atoms. The molecule has 8 heteroatoms. The molecule has 0 unspecified atom stereocenters. The van der Waals surface area contributed by atoms with Gasteiger partial charge in [-0.2, -0.15) is 0 Å². The van der Waals surface area contributed by atoms with E-state index in [0.717, 1.165) is 11.8 Å². The van der Waals surface area contributed by atoms with E-state index in [0.29, 0.717) is 21.8 Å². The number of aliphatic carboxylic acids is 1. The Balaban J connectivity index is 2.21. The van der Waals surface area contributed by atoms with Crippen LogP contribution in [0.25, 0.3) is 6.08 Å². The maximum Gasteiger partial charge on any atom is 0.342 e. The molecule has 2 aromatic rings. The maximum absolute atomic E-state index is 11.2. The molecule has 2 heterocycles. The number of aryl methyl sites for hydroxylation is 1. The molecule has 0 aliphatic rings. The van der Waals surface area contributed by atoms with E-state index in [1.807, 2.05) is 29.5 Å². The van der Waals surface area contributed by atoms with Crippen molar-refractivity contribution in [3.63, 3.8) is 0 Å². The van der Waals surface area contributed by atoms with E-state index in [2.05, 4.69) is 10.2 Å². The van der Waals surface area contributed by atoms with Gasteiger partial charge < -0.3 is 13.9 Å². The SMILES string of the molecule is CCc1nnc(S/C(=C/c2ccc(I)o2)C(=O)O)o1. The highest BCUT2D eigenvalue weighted by molar-refractivity contribution is 14.1. The summed E-state index contributed by atoms with van der Waals surface area (Å²) in [6.45, 7) is 1.88. The average Bonchev–Trinajstić information content (AvgIpc) is 2.97. The fraction of sp³-hybridized carbons (Fsp3) is 0.182. The van der Waals surface area contributed by atoms with Gasteiger partial charge in [0.25, 0.3) is 5.22 Å². The van der Waals surface area contributed by atoms with Crippen LogP contribution in [-0.2, 0) is 11.2 Å². The van der Waals surface area contributed by atoms with E-state index in [4.69, 9.17) is 13.9 Å². The van der Waals surface area contributed by atoms with Crippen LogP contribution in [0.3, 0.4) is 0 Å². The lowest BCUT2D eigenvalue weighted by molar-refractivity contribution is -0.131. The molecule has 0 aliphatic carbocycles. The number of hydrogen-bond donors (Lipinski definition) is 1. The monoisotopic (exact) mass is 392 g/mol. The number of rotatable bonds is 5. The van der Waals surface area contributed by atoms with Crippen LogP contribution in [0.5, 0.6) is 0 Å². The zero-order valence-corrected chi connectivity index (χ0v) is 12.8. The lowest BCUT2D eigenvalue weighted by Crippen LogP contribution is -1.96. The van der Waals surface area contributed by atoms with Gasteiger partial charge in [0, 0.05) is 12.5 Å². The molecule has 0 bridgehead atoms. The van der Waals surface area contributed by atoms with Crippen LogP contribution in [0, 0.1) is 3.77 Å². The van der Waals surface area contributed by atoms with Crippen LogP contribution in [0.1, 0.15) is 18.6 Å². The van der Waals surface area contributed by atoms with Gasteiger partial charge in [0.2, 0.25) is 5.89 Å². The summed E-state index contributed by atoms with van der Waals surface area (Å²) in [7, 11) is 0. The summed E-state index contributed by atoms with van der Waals surface area (Å²) in [6.07, 6.45) is 2.03. The fourth-order valence-electron chi connectivity index (χ4n) is 1.19. The molecule has 0 amide bonds. The summed E-state index contributed by atoms with van der Waals surface area (Å²) in [5.41, 5.74) is 0. The number of carboxylic acid groups (broad SMARTS) is 1. The summed E-state index contributed by atoms with van der Waals surface area (Å²) >= 11 is 2.90. The standard InChI is InChI=1S/C11H9IN2O4S/c1-2-9-13-14-11(18-9)19-7(10(15)16)5-6-3-4-8(12)17-6/h3-5H,2H2,1H3,(H,15,16)/b7-5+. The third-order valence-electron chi connectivity index (χ3n) is 2.03. The van der Waals surface area contributed by atoms with Crippen LogP contribution in [0.2, 0.25) is 0 Å². The van der Waals surface area contributed by atoms with E-state index in [1.165, 1.54) is 6.08 Å². The van der Waals surface area contributed by atoms with Crippen molar-refractivity contribution in [1.82, 2.24) is 10.2 Å². The second kappa shape index (κ2) is 6.24. The summed E-state index contributed by atoms with van der Waals surface area (Å²) in [4.78, 5) is 11.2. The van der Waals surface area contributed by atoms with Crippen molar-refractivity contribution in [2.75, 3.05) is 0 Å². The number of halogens is 1. The van der Waals surface area contributed by atoms with Crippen LogP contribution in [-0.4, -0.2) is 21.3 Å². The molecule has 1 N–H and O–H groups in total. The van der Waals surface area contributed by atoms with Crippen molar-refractivity contribution in [2.45, 2.75) is 18.6 Å². The zero-order chi connectivity index (χ0) is 13.8. The quantitative estimate of drug-likeness (QED) is 0.475. The number of carboxylic acids is 1. The minimum atomic E-state index is -1.08. The Labute approximate surface area is 126 Å². The van der Waals surface area contributed by atoms with Gasteiger partial charge in [-0.25, -0.2) is 4.79 Å². The highest BCUT2D eigenvalue weighted by Gasteiger charge is 2.15. The third kappa shape index (κ3) is 3.83. The summed E-state index contributed by atoms with van der Waals surface area (Å²) in [5.74, 6) is -0.142. The van der Waals surface area contributed by atoms with Crippen LogP contribution < -0.4 is 0 Å². The number of hydrogen-bond acceptors (Lipinski definition) is 6. The topological polar surface area (TPSA) is 89.4 Å². The van der Waals surface area contributed by atoms with E-state index in [9.17, 15) is 4.79 Å². The van der Waals surface area contributed by atoms with E-state index < -0.39 is 5.97 Å². The maximum atomic E-state index is 11.2. The molecule has 0 atom stereocenters. The largest absolute Gasteiger partial charge is 0.477 e. The molecule has 100 valence electrons. The van der Waals surface area contributed by atoms with Gasteiger partial charge in [-0.15, -0.1) is 10.2 Å². The minimum absolute atomic E-state index is 0.0528. The highest BCUT2D eigenvalue weighted by Crippen LogP contribution is 2.28. The van der Waals surface area contributed by atoms with E-state index >= 15 is 0 Å². The molecule has 19 heavy (non-hydrogen) atoms. The van der Waals surface area contributed by atoms with Gasteiger partial charge in [0.15, 0.2) is 3.77 Å². The van der Waals surface area contributed by atoms with Crippen molar-refractivity contribution in [3.05, 3.63) is 32.5 Å². The van der Waals surface area contributed by atoms with Gasteiger partial charge >= 0.3 is 5.97 Å². The normalized spacial score (nSPS) is 11.8. The van der Waals surface area contributed by atoms with Crippen molar-refractivity contribution >= 4 is 46.4 Å². The molecule has 6 nitrogen and oxygen atoms in total. The second-order valence-corrected chi connectivity index (χ2v) is 5.43. The number of aromatic nitrogens is 2. The molecule has 0 aliphatic heterocycles. The Morgan fingerprint density at radius 2 is 2.26 bits per heavy atom. The minimum Gasteiger partial charge on any atom is -0.477 e. The van der Waals surface area contributed by atoms with Gasteiger partial charge in [-0.3, -0.25) is 0 Å². The third-order valence-corrected chi connectivity index (χ3v) is 3.46. The van der Waals surface area contributed by atoms with Crippen molar-refractivity contribution in [2.24, 2.45) is 0 Å². The Hall–Kier alpha value is -1.29. The molecular weight excluding hydrogens is 383 g/mol. The average molecular weight is 392 g/mol. The second-order valence-electron chi connectivity index (χ2n) is 3.37. The molecule has 0 saturated carbocycles. The number of thioether (sulfide) groups is 1. The van der Waals surface area contributed by atoms with Crippen LogP contribution in [0.15, 0.2) is 31.1 Å². The Morgan fingerprint density at radius 1 is 1.47 bits per heavy atom. The molecule has 0 radical (unpaired) electrons. The first kappa shape index (κ1) is 14.1. The van der Waals surface area contributed by atoms with Gasteiger partial charge in [-0.05, 0) is 46.5 Å². The Morgan fingerprint density at radius 3 is 2.79 bits per heavy atom. The number of furan rings is 1. The summed E-state index contributed by atoms with van der Waals surface area (Å²) < 4.78 is 11.2. The summed E-state index contributed by atoms with van der Waals surface area (Å²) in [5, 5.41) is 16.9. The first-order chi connectivity index (χ1) is 9.08. The van der Waals surface area contributed by atoms with Gasteiger partial charge in [0.1, 0.15) is 10.7 Å². The van der Waals surface area contributed by atoms with Crippen molar-refractivity contribution in [3.8, 4) is 0 Å². The highest BCUT2D eigenvalue weighted by atomic mass is 127. The van der Waals surface area contributed by atoms with Crippen LogP contribution in [0.4, 0.5) is 0 Å². The summed E-state index contributed by atoms with van der Waals surface area (Å²) in [6, 6.07) is 3.44. The van der Waals surface area contributed by atoms with E-state index in [1.54, 1.807) is 12.1 Å². The lowest BCUT2D eigenvalue weighted by Gasteiger charge is -1.96. The molecule has 0 fully saturated rings. The first-order valence-corrected chi connectivity index (χ1v) is 7.18. The molecule has 0 aromatic carbocycles.